The van der Waals surface area contributed by atoms with Crippen molar-refractivity contribution >= 4 is 10.8 Å². The smallest absolute Gasteiger partial charge is 0.214 e. The predicted octanol–water partition coefficient (Wildman–Crippen LogP) is 2.50. The van der Waals surface area contributed by atoms with E-state index in [1.165, 1.54) is 0 Å². The molecule has 0 amide bonds. The Bertz CT molecular complexity index is 713. The quantitative estimate of drug-likeness (QED) is 0.875. The molecule has 5 heteroatoms. The van der Waals surface area contributed by atoms with E-state index in [-0.39, 0.29) is 13.0 Å². The molecule has 1 aromatic heterocycles. The van der Waals surface area contributed by atoms with E-state index in [1.54, 1.807) is 26.5 Å². The van der Waals surface area contributed by atoms with Gasteiger partial charge in [0.2, 0.25) is 5.79 Å². The largest absolute Gasteiger partial charge is 0.493 e. The van der Waals surface area contributed by atoms with Crippen LogP contribution in [-0.2, 0) is 17.1 Å². The molecule has 0 saturated heterocycles. The number of aliphatic hydroxyl groups is 1. The number of hydrogen-bond acceptors (Lipinski definition) is 5. The maximum Gasteiger partial charge on any atom is 0.214 e. The molecule has 2 aromatic rings. The van der Waals surface area contributed by atoms with Crippen molar-refractivity contribution in [3.8, 4) is 11.5 Å². The summed E-state index contributed by atoms with van der Waals surface area (Å²) >= 11 is 0. The molecule has 0 saturated carbocycles. The lowest BCUT2D eigenvalue weighted by molar-refractivity contribution is -0.222. The van der Waals surface area contributed by atoms with Crippen LogP contribution in [0.15, 0.2) is 31.0 Å². The topological polar surface area (TPSA) is 60.8 Å². The Morgan fingerprint density at radius 2 is 2.29 bits per heavy atom. The van der Waals surface area contributed by atoms with E-state index in [0.29, 0.717) is 17.2 Å². The monoisotopic (exact) mass is 287 g/mol. The lowest BCUT2D eigenvalue weighted by Crippen LogP contribution is -2.33. The third kappa shape index (κ3) is 1.97. The predicted molar refractivity (Wildman–Crippen MR) is 78.3 cm³/mol. The van der Waals surface area contributed by atoms with Gasteiger partial charge in [0.25, 0.3) is 0 Å². The summed E-state index contributed by atoms with van der Waals surface area (Å²) in [6, 6.07) is 3.76. The summed E-state index contributed by atoms with van der Waals surface area (Å²) in [5.74, 6) is -0.205. The summed E-state index contributed by atoms with van der Waals surface area (Å²) in [6.07, 6.45) is 3.54. The molecular formula is C16H17NO4. The highest BCUT2D eigenvalue weighted by Crippen LogP contribution is 2.45. The number of ether oxygens (including phenoxy) is 3. The van der Waals surface area contributed by atoms with Crippen LogP contribution < -0.4 is 9.47 Å². The lowest BCUT2D eigenvalue weighted by Gasteiger charge is -2.33. The third-order valence-corrected chi connectivity index (χ3v) is 3.74. The second-order valence-corrected chi connectivity index (χ2v) is 4.91. The van der Waals surface area contributed by atoms with Crippen LogP contribution >= 0.6 is 0 Å². The maximum absolute atomic E-state index is 10.7. The second kappa shape index (κ2) is 5.02. The number of benzene rings is 1. The van der Waals surface area contributed by atoms with Crippen LogP contribution in [0.3, 0.4) is 0 Å². The van der Waals surface area contributed by atoms with Gasteiger partial charge in [-0.3, -0.25) is 4.98 Å². The highest BCUT2D eigenvalue weighted by molar-refractivity contribution is 5.92. The standard InChI is InChI=1S/C16H17NO4/c1-4-6-16(18)15-13-10(5-7-17-15)8-12(19-2)14(20-3)11(13)9-21-16/h4-5,7-8,18H,1,6,9H2,2-3H3. The Labute approximate surface area is 122 Å². The SMILES string of the molecule is C=CCC1(O)OCc2c(OC)c(OC)cc3ccnc1c23. The average Bonchev–Trinajstić information content (AvgIpc) is 2.50. The van der Waals surface area contributed by atoms with E-state index in [1.807, 2.05) is 12.1 Å². The van der Waals surface area contributed by atoms with Gasteiger partial charge in [-0.1, -0.05) is 6.08 Å². The zero-order chi connectivity index (χ0) is 15.0. The van der Waals surface area contributed by atoms with E-state index < -0.39 is 5.79 Å². The molecule has 0 aliphatic carbocycles. The summed E-state index contributed by atoms with van der Waals surface area (Å²) in [5, 5.41) is 12.5. The van der Waals surface area contributed by atoms with Gasteiger partial charge in [0.1, 0.15) is 5.69 Å². The number of nitrogens with zero attached hydrogens (tertiary/aromatic N) is 1. The molecule has 2 heterocycles. The Kier molecular flexibility index (Phi) is 3.31. The van der Waals surface area contributed by atoms with Crippen molar-refractivity contribution < 1.29 is 19.3 Å². The first-order chi connectivity index (χ1) is 10.1. The number of pyridine rings is 1. The summed E-state index contributed by atoms with van der Waals surface area (Å²) in [6.45, 7) is 3.89. The number of aromatic nitrogens is 1. The van der Waals surface area contributed by atoms with Crippen LogP contribution in [-0.4, -0.2) is 24.3 Å². The minimum atomic E-state index is -1.45. The van der Waals surface area contributed by atoms with Gasteiger partial charge < -0.3 is 19.3 Å². The van der Waals surface area contributed by atoms with Crippen molar-refractivity contribution in [2.45, 2.75) is 18.8 Å². The Morgan fingerprint density at radius 1 is 1.48 bits per heavy atom. The minimum Gasteiger partial charge on any atom is -0.493 e. The molecule has 0 radical (unpaired) electrons. The van der Waals surface area contributed by atoms with E-state index in [0.717, 1.165) is 16.3 Å². The van der Waals surface area contributed by atoms with Crippen molar-refractivity contribution in [1.29, 1.82) is 0 Å². The van der Waals surface area contributed by atoms with Gasteiger partial charge in [-0.15, -0.1) is 6.58 Å². The van der Waals surface area contributed by atoms with Gasteiger partial charge in [-0.25, -0.2) is 0 Å². The van der Waals surface area contributed by atoms with E-state index in [2.05, 4.69) is 11.6 Å². The molecule has 1 aliphatic rings. The Morgan fingerprint density at radius 3 is 2.95 bits per heavy atom. The minimum absolute atomic E-state index is 0.222. The zero-order valence-electron chi connectivity index (χ0n) is 12.0. The first kappa shape index (κ1) is 13.9. The summed E-state index contributed by atoms with van der Waals surface area (Å²) in [7, 11) is 3.18. The molecule has 1 N–H and O–H groups in total. The average molecular weight is 287 g/mol. The Balaban J connectivity index is 2.37. The molecule has 0 fully saturated rings. The second-order valence-electron chi connectivity index (χ2n) is 4.91. The van der Waals surface area contributed by atoms with E-state index in [4.69, 9.17) is 14.2 Å². The van der Waals surface area contributed by atoms with Gasteiger partial charge in [0, 0.05) is 23.6 Å². The number of methoxy groups -OCH3 is 2. The molecule has 0 spiro atoms. The molecule has 5 nitrogen and oxygen atoms in total. The molecule has 21 heavy (non-hydrogen) atoms. The van der Waals surface area contributed by atoms with Crippen LogP contribution in [0, 0.1) is 0 Å². The fourth-order valence-corrected chi connectivity index (χ4v) is 2.80. The first-order valence-corrected chi connectivity index (χ1v) is 6.65. The fraction of sp³-hybridized carbons (Fsp3) is 0.312. The van der Waals surface area contributed by atoms with Gasteiger partial charge in [-0.05, 0) is 17.5 Å². The summed E-state index contributed by atoms with van der Waals surface area (Å²) in [5.41, 5.74) is 1.32. The molecule has 1 atom stereocenters. The zero-order valence-corrected chi connectivity index (χ0v) is 12.0. The molecule has 110 valence electrons. The Hall–Kier alpha value is -2.11. The van der Waals surface area contributed by atoms with Gasteiger partial charge in [-0.2, -0.15) is 0 Å². The van der Waals surface area contributed by atoms with Gasteiger partial charge >= 0.3 is 0 Å². The maximum atomic E-state index is 10.7. The van der Waals surface area contributed by atoms with E-state index >= 15 is 0 Å². The molecule has 3 rings (SSSR count). The van der Waals surface area contributed by atoms with Crippen molar-refractivity contribution in [2.75, 3.05) is 14.2 Å². The highest BCUT2D eigenvalue weighted by Gasteiger charge is 2.38. The van der Waals surface area contributed by atoms with E-state index in [9.17, 15) is 5.11 Å². The summed E-state index contributed by atoms with van der Waals surface area (Å²) in [4.78, 5) is 4.32. The van der Waals surface area contributed by atoms with Crippen molar-refractivity contribution in [2.24, 2.45) is 0 Å². The van der Waals surface area contributed by atoms with Crippen LogP contribution in [0.2, 0.25) is 0 Å². The van der Waals surface area contributed by atoms with Crippen molar-refractivity contribution in [3.05, 3.63) is 42.2 Å². The van der Waals surface area contributed by atoms with Crippen molar-refractivity contribution in [1.82, 2.24) is 4.98 Å². The van der Waals surface area contributed by atoms with Crippen LogP contribution in [0.5, 0.6) is 11.5 Å². The summed E-state index contributed by atoms with van der Waals surface area (Å²) < 4.78 is 16.5. The van der Waals surface area contributed by atoms with Crippen LogP contribution in [0.4, 0.5) is 0 Å². The molecule has 1 aliphatic heterocycles. The van der Waals surface area contributed by atoms with Crippen LogP contribution in [0.25, 0.3) is 10.8 Å². The van der Waals surface area contributed by atoms with Crippen molar-refractivity contribution in [3.63, 3.8) is 0 Å². The molecular weight excluding hydrogens is 270 g/mol. The fourth-order valence-electron chi connectivity index (χ4n) is 2.80. The highest BCUT2D eigenvalue weighted by atomic mass is 16.6. The molecule has 1 unspecified atom stereocenters. The van der Waals surface area contributed by atoms with Gasteiger partial charge in [0.15, 0.2) is 11.5 Å². The van der Waals surface area contributed by atoms with Gasteiger partial charge in [0.05, 0.1) is 20.8 Å². The normalized spacial score (nSPS) is 20.3. The lowest BCUT2D eigenvalue weighted by atomic mass is 9.94. The molecule has 0 bridgehead atoms. The molecule has 1 aromatic carbocycles. The number of rotatable bonds is 4. The van der Waals surface area contributed by atoms with Crippen LogP contribution in [0.1, 0.15) is 17.7 Å². The third-order valence-electron chi connectivity index (χ3n) is 3.74. The first-order valence-electron chi connectivity index (χ1n) is 6.65. The number of hydrogen-bond donors (Lipinski definition) is 1.